The summed E-state index contributed by atoms with van der Waals surface area (Å²) in [7, 11) is 0. The Hall–Kier alpha value is -1.72. The van der Waals surface area contributed by atoms with Crippen LogP contribution in [0.3, 0.4) is 0 Å². The molecule has 0 fully saturated rings. The second kappa shape index (κ2) is 18.6. The first-order chi connectivity index (χ1) is 20.1. The zero-order valence-corrected chi connectivity index (χ0v) is 34.7. The Kier molecular flexibility index (Phi) is 17.9. The molecule has 0 N–H and O–H groups in total. The minimum atomic E-state index is 0. The van der Waals surface area contributed by atoms with Crippen LogP contribution in [0.2, 0.25) is 0 Å². The zero-order valence-electron chi connectivity index (χ0n) is 30.3. The van der Waals surface area contributed by atoms with Crippen LogP contribution < -0.4 is 0 Å². The van der Waals surface area contributed by atoms with Gasteiger partial charge in [0.25, 0.3) is 0 Å². The normalized spacial score (nSPS) is 9.96. The van der Waals surface area contributed by atoms with Crippen LogP contribution in [0.1, 0.15) is 89.0 Å². The van der Waals surface area contributed by atoms with Crippen LogP contribution in [-0.2, 0) is 67.6 Å². The van der Waals surface area contributed by atoms with Gasteiger partial charge in [0.2, 0.25) is 0 Å². The maximum absolute atomic E-state index is 5.27. The quantitative estimate of drug-likeness (QED) is 0.131. The maximum atomic E-state index is 5.27. The fourth-order valence-corrected chi connectivity index (χ4v) is 6.01. The van der Waals surface area contributed by atoms with Gasteiger partial charge in [-0.1, -0.05) is 68.8 Å². The molecule has 0 aromatic heterocycles. The molecule has 0 radical (unpaired) electrons. The van der Waals surface area contributed by atoms with Gasteiger partial charge in [-0.05, 0) is 155 Å². The van der Waals surface area contributed by atoms with Gasteiger partial charge in [-0.25, -0.2) is 0 Å². The molecule has 0 aliphatic heterocycles. The fourth-order valence-electron chi connectivity index (χ4n) is 4.72. The largest absolute Gasteiger partial charge is 4.00 e. The van der Waals surface area contributed by atoms with E-state index in [1.54, 1.807) is 0 Å². The Morgan fingerprint density at radius 3 is 0.422 bits per heavy atom. The smallest absolute Gasteiger partial charge is 0.779 e. The van der Waals surface area contributed by atoms with E-state index in [1.165, 1.54) is 89.0 Å². The summed E-state index contributed by atoms with van der Waals surface area (Å²) in [4.78, 5) is 4.12. The molecule has 0 spiro atoms. The van der Waals surface area contributed by atoms with Gasteiger partial charge in [-0.3, -0.25) is 0 Å². The molecule has 0 saturated heterocycles. The SMILES string of the molecule is Cc1cc(C)c(C)c([S-])c1C.Cc1cc(C)c(C)c([S-])c1C.Cc1cc(C)c(C)c([S-])c1C.Cc1cc(C)c(C)c([S-])c1C.[Fe+4]. The number of aryl methyl sites for hydroxylation is 8. The van der Waals surface area contributed by atoms with Crippen molar-refractivity contribution in [2.75, 3.05) is 0 Å². The van der Waals surface area contributed by atoms with Crippen molar-refractivity contribution in [1.29, 1.82) is 0 Å². The predicted octanol–water partition coefficient (Wildman–Crippen LogP) is 11.3. The summed E-state index contributed by atoms with van der Waals surface area (Å²) < 4.78 is 0. The van der Waals surface area contributed by atoms with Gasteiger partial charge in [0.1, 0.15) is 0 Å². The van der Waals surface area contributed by atoms with Crippen LogP contribution in [0.25, 0.3) is 0 Å². The van der Waals surface area contributed by atoms with E-state index >= 15 is 0 Å². The van der Waals surface area contributed by atoms with Gasteiger partial charge >= 0.3 is 17.1 Å². The van der Waals surface area contributed by atoms with Crippen LogP contribution in [-0.4, -0.2) is 0 Å². The van der Waals surface area contributed by atoms with Crippen LogP contribution >= 0.6 is 0 Å². The maximum Gasteiger partial charge on any atom is 4.00 e. The number of benzene rings is 4. The van der Waals surface area contributed by atoms with Gasteiger partial charge in [0.05, 0.1) is 0 Å². The van der Waals surface area contributed by atoms with Crippen LogP contribution in [0, 0.1) is 111 Å². The molecule has 4 aromatic carbocycles. The van der Waals surface area contributed by atoms with E-state index in [-0.39, 0.29) is 17.1 Å². The van der Waals surface area contributed by atoms with E-state index < -0.39 is 0 Å². The minimum Gasteiger partial charge on any atom is -0.779 e. The molecule has 4 rings (SSSR count). The first kappa shape index (κ1) is 43.3. The first-order valence-corrected chi connectivity index (χ1v) is 16.8. The minimum absolute atomic E-state index is 0. The molecular weight excluding hydrogens is 665 g/mol. The Bertz CT molecular complexity index is 1300. The molecule has 0 nitrogen and oxygen atoms in total. The Morgan fingerprint density at radius 1 is 0.244 bits per heavy atom. The molecule has 0 amide bonds. The molecule has 0 saturated carbocycles. The molecule has 244 valence electrons. The summed E-state index contributed by atoms with van der Waals surface area (Å²) in [6, 6.07) is 8.78. The van der Waals surface area contributed by atoms with Crippen molar-refractivity contribution in [2.45, 2.75) is 130 Å². The molecule has 4 aromatic rings. The molecule has 0 aliphatic rings. The van der Waals surface area contributed by atoms with Crippen molar-refractivity contribution in [3.63, 3.8) is 0 Å². The Morgan fingerprint density at radius 2 is 0.333 bits per heavy atom. The predicted molar refractivity (Wildman–Crippen MR) is 204 cm³/mol. The molecule has 0 heterocycles. The number of rotatable bonds is 0. The Balaban J connectivity index is 0.000000569. The zero-order chi connectivity index (χ0) is 34.4. The monoisotopic (exact) mass is 716 g/mol. The van der Waals surface area contributed by atoms with Crippen molar-refractivity contribution < 1.29 is 17.1 Å². The van der Waals surface area contributed by atoms with E-state index in [0.29, 0.717) is 0 Å². The van der Waals surface area contributed by atoms with E-state index in [4.69, 9.17) is 50.5 Å². The van der Waals surface area contributed by atoms with E-state index in [2.05, 4.69) is 135 Å². The topological polar surface area (TPSA) is 0 Å². The molecule has 0 bridgehead atoms. The molecule has 0 atom stereocenters. The second-order valence-corrected chi connectivity index (χ2v) is 14.0. The third-order valence-corrected chi connectivity index (χ3v) is 11.6. The molecule has 45 heavy (non-hydrogen) atoms. The van der Waals surface area contributed by atoms with Crippen LogP contribution in [0.15, 0.2) is 43.8 Å². The van der Waals surface area contributed by atoms with Crippen LogP contribution in [0.5, 0.6) is 0 Å². The van der Waals surface area contributed by atoms with Gasteiger partial charge < -0.3 is 50.5 Å². The van der Waals surface area contributed by atoms with Gasteiger partial charge in [0, 0.05) is 0 Å². The van der Waals surface area contributed by atoms with E-state index in [0.717, 1.165) is 19.6 Å². The fraction of sp³-hybridized carbons (Fsp3) is 0.400. The number of hydrogen-bond donors (Lipinski definition) is 0. The van der Waals surface area contributed by atoms with E-state index in [1.807, 2.05) is 0 Å². The summed E-state index contributed by atoms with van der Waals surface area (Å²) in [6.45, 7) is 33.6. The summed E-state index contributed by atoms with van der Waals surface area (Å²) in [6.07, 6.45) is 0. The average Bonchev–Trinajstić information content (AvgIpc) is 2.97. The standard InChI is InChI=1S/4C10H14S.Fe/c4*1-6-5-7(2)9(4)10(11)8(6)3;/h4*5,11H,1-4H3;/q;;;;+4/p-4. The van der Waals surface area contributed by atoms with E-state index in [9.17, 15) is 0 Å². The third-order valence-electron chi connectivity index (χ3n) is 9.19. The molecule has 0 aliphatic carbocycles. The molecule has 0 unspecified atom stereocenters. The van der Waals surface area contributed by atoms with Crippen molar-refractivity contribution in [3.8, 4) is 0 Å². The van der Waals surface area contributed by atoms with Crippen molar-refractivity contribution in [1.82, 2.24) is 0 Å². The van der Waals surface area contributed by atoms with Gasteiger partial charge in [-0.15, -0.1) is 0 Å². The average molecular weight is 717 g/mol. The van der Waals surface area contributed by atoms with Crippen molar-refractivity contribution >= 4 is 50.5 Å². The van der Waals surface area contributed by atoms with Crippen LogP contribution in [0.4, 0.5) is 0 Å². The summed E-state index contributed by atoms with van der Waals surface area (Å²) in [5, 5.41) is 0. The third kappa shape index (κ3) is 11.2. The summed E-state index contributed by atoms with van der Waals surface area (Å²) >= 11 is 21.1. The molecular formula is C40H52FeS4. The summed E-state index contributed by atoms with van der Waals surface area (Å²) in [5.41, 5.74) is 20.5. The number of hydrogen-bond acceptors (Lipinski definition) is 4. The van der Waals surface area contributed by atoms with Crippen molar-refractivity contribution in [3.05, 3.63) is 113 Å². The second-order valence-electron chi connectivity index (χ2n) is 12.4. The van der Waals surface area contributed by atoms with Gasteiger partial charge in [0.15, 0.2) is 0 Å². The summed E-state index contributed by atoms with van der Waals surface area (Å²) in [5.74, 6) is 0. The first-order valence-electron chi connectivity index (χ1n) is 15.1. The van der Waals surface area contributed by atoms with Gasteiger partial charge in [-0.2, -0.15) is 19.6 Å². The molecule has 5 heteroatoms. The Labute approximate surface area is 309 Å². The van der Waals surface area contributed by atoms with Crippen molar-refractivity contribution in [2.24, 2.45) is 0 Å².